The van der Waals surface area contributed by atoms with Crippen molar-refractivity contribution in [1.29, 1.82) is 0 Å². The van der Waals surface area contributed by atoms with Gasteiger partial charge in [-0.1, -0.05) is 19.3 Å². The van der Waals surface area contributed by atoms with Crippen LogP contribution in [0.2, 0.25) is 0 Å². The molecule has 1 aliphatic carbocycles. The Hall–Kier alpha value is -0.430. The highest BCUT2D eigenvalue weighted by molar-refractivity contribution is 7.89. The highest BCUT2D eigenvalue weighted by atomic mass is 32.2. The van der Waals surface area contributed by atoms with E-state index in [1.54, 1.807) is 11.4 Å². The summed E-state index contributed by atoms with van der Waals surface area (Å²) in [5.41, 5.74) is 0. The van der Waals surface area contributed by atoms with E-state index in [4.69, 9.17) is 0 Å². The van der Waals surface area contributed by atoms with Crippen molar-refractivity contribution in [3.8, 4) is 0 Å². The number of thiophene rings is 1. The van der Waals surface area contributed by atoms with E-state index in [9.17, 15) is 8.42 Å². The zero-order valence-corrected chi connectivity index (χ0v) is 12.2. The van der Waals surface area contributed by atoms with Gasteiger partial charge in [-0.2, -0.15) is 0 Å². The number of hydrogen-bond acceptors (Lipinski definition) is 4. The Balaban J connectivity index is 2.04. The maximum absolute atomic E-state index is 12.2. The van der Waals surface area contributed by atoms with E-state index in [-0.39, 0.29) is 6.04 Å². The molecule has 1 aromatic heterocycles. The summed E-state index contributed by atoms with van der Waals surface area (Å²) in [5, 5.41) is 4.75. The van der Waals surface area contributed by atoms with Crippen molar-refractivity contribution in [2.24, 2.45) is 0 Å². The van der Waals surface area contributed by atoms with Crippen LogP contribution in [0.15, 0.2) is 16.3 Å². The SMILES string of the molecule is CNCc1cc(S(=O)(=O)NC2CCCCC2)cs1. The van der Waals surface area contributed by atoms with Crippen LogP contribution in [-0.2, 0) is 16.6 Å². The number of nitrogens with one attached hydrogen (secondary N) is 2. The lowest BCUT2D eigenvalue weighted by Crippen LogP contribution is -2.35. The predicted octanol–water partition coefficient (Wildman–Crippen LogP) is 2.08. The van der Waals surface area contributed by atoms with E-state index in [2.05, 4.69) is 10.0 Å². The molecule has 102 valence electrons. The van der Waals surface area contributed by atoms with Crippen LogP contribution in [0.1, 0.15) is 37.0 Å². The topological polar surface area (TPSA) is 58.2 Å². The van der Waals surface area contributed by atoms with Gasteiger partial charge in [-0.15, -0.1) is 11.3 Å². The largest absolute Gasteiger partial charge is 0.315 e. The summed E-state index contributed by atoms with van der Waals surface area (Å²) in [7, 11) is -1.47. The third-order valence-electron chi connectivity index (χ3n) is 3.22. The first-order valence-corrected chi connectivity index (χ1v) is 8.72. The smallest absolute Gasteiger partial charge is 0.241 e. The molecule has 4 nitrogen and oxygen atoms in total. The Morgan fingerprint density at radius 3 is 2.72 bits per heavy atom. The molecule has 2 N–H and O–H groups in total. The summed E-state index contributed by atoms with van der Waals surface area (Å²) in [5.74, 6) is 0. The van der Waals surface area contributed by atoms with Crippen molar-refractivity contribution in [2.45, 2.75) is 49.6 Å². The Labute approximate surface area is 113 Å². The zero-order chi connectivity index (χ0) is 13.0. The minimum Gasteiger partial charge on any atom is -0.315 e. The minimum atomic E-state index is -3.32. The van der Waals surface area contributed by atoms with E-state index >= 15 is 0 Å². The van der Waals surface area contributed by atoms with Gasteiger partial charge >= 0.3 is 0 Å². The van der Waals surface area contributed by atoms with Crippen LogP contribution >= 0.6 is 11.3 Å². The average Bonchev–Trinajstić information content (AvgIpc) is 2.80. The van der Waals surface area contributed by atoms with Crippen molar-refractivity contribution in [1.82, 2.24) is 10.0 Å². The molecule has 0 radical (unpaired) electrons. The van der Waals surface area contributed by atoms with E-state index in [1.165, 1.54) is 17.8 Å². The fraction of sp³-hybridized carbons (Fsp3) is 0.667. The molecule has 0 atom stereocenters. The molecule has 2 rings (SSSR count). The Kier molecular flexibility index (Phi) is 4.77. The lowest BCUT2D eigenvalue weighted by Gasteiger charge is -2.22. The fourth-order valence-corrected chi connectivity index (χ4v) is 4.87. The normalized spacial score (nSPS) is 18.1. The van der Waals surface area contributed by atoms with Gasteiger partial charge in [0.05, 0.1) is 4.90 Å². The molecule has 0 saturated heterocycles. The monoisotopic (exact) mass is 288 g/mol. The molecule has 1 aliphatic rings. The van der Waals surface area contributed by atoms with E-state index in [1.807, 2.05) is 7.05 Å². The number of hydrogen-bond donors (Lipinski definition) is 2. The molecule has 0 unspecified atom stereocenters. The Bertz CT molecular complexity index is 476. The van der Waals surface area contributed by atoms with Crippen LogP contribution in [0, 0.1) is 0 Å². The molecule has 1 fully saturated rings. The van der Waals surface area contributed by atoms with Crippen molar-refractivity contribution >= 4 is 21.4 Å². The molecule has 0 aliphatic heterocycles. The summed E-state index contributed by atoms with van der Waals surface area (Å²) in [6.07, 6.45) is 5.41. The Morgan fingerprint density at radius 1 is 1.33 bits per heavy atom. The second-order valence-electron chi connectivity index (χ2n) is 4.74. The highest BCUT2D eigenvalue weighted by Gasteiger charge is 2.22. The first-order chi connectivity index (χ1) is 8.62. The van der Waals surface area contributed by atoms with Gasteiger partial charge in [0.1, 0.15) is 0 Å². The molecule has 0 bridgehead atoms. The van der Waals surface area contributed by atoms with Gasteiger partial charge in [0.25, 0.3) is 0 Å². The predicted molar refractivity (Wildman–Crippen MR) is 74.3 cm³/mol. The number of rotatable bonds is 5. The summed E-state index contributed by atoms with van der Waals surface area (Å²) < 4.78 is 27.2. The summed E-state index contributed by atoms with van der Waals surface area (Å²) >= 11 is 1.48. The van der Waals surface area contributed by atoms with Crippen molar-refractivity contribution < 1.29 is 8.42 Å². The fourth-order valence-electron chi connectivity index (χ4n) is 2.28. The second kappa shape index (κ2) is 6.14. The lowest BCUT2D eigenvalue weighted by molar-refractivity contribution is 0.412. The van der Waals surface area contributed by atoms with Gasteiger partial charge < -0.3 is 5.32 Å². The van der Waals surface area contributed by atoms with Crippen molar-refractivity contribution in [3.63, 3.8) is 0 Å². The third-order valence-corrected chi connectivity index (χ3v) is 5.80. The Morgan fingerprint density at radius 2 is 2.06 bits per heavy atom. The van der Waals surface area contributed by atoms with Gasteiger partial charge in [-0.3, -0.25) is 0 Å². The number of sulfonamides is 1. The molecule has 1 heterocycles. The lowest BCUT2D eigenvalue weighted by atomic mass is 9.96. The van der Waals surface area contributed by atoms with E-state index < -0.39 is 10.0 Å². The van der Waals surface area contributed by atoms with Crippen LogP contribution in [0.3, 0.4) is 0 Å². The zero-order valence-electron chi connectivity index (χ0n) is 10.6. The molecular formula is C12H20N2O2S2. The van der Waals surface area contributed by atoms with Crippen LogP contribution in [0.5, 0.6) is 0 Å². The van der Waals surface area contributed by atoms with Crippen LogP contribution in [0.4, 0.5) is 0 Å². The maximum atomic E-state index is 12.2. The molecule has 0 spiro atoms. The van der Waals surface area contributed by atoms with Crippen LogP contribution in [0.25, 0.3) is 0 Å². The van der Waals surface area contributed by atoms with Gasteiger partial charge in [0.2, 0.25) is 10.0 Å². The quantitative estimate of drug-likeness (QED) is 0.872. The van der Waals surface area contributed by atoms with Gasteiger partial charge in [0.15, 0.2) is 0 Å². The molecule has 0 aromatic carbocycles. The standard InChI is InChI=1S/C12H20N2O2S2/c1-13-8-11-7-12(9-17-11)18(15,16)14-10-5-3-2-4-6-10/h7,9-10,13-14H,2-6,8H2,1H3. The average molecular weight is 288 g/mol. The maximum Gasteiger partial charge on any atom is 0.241 e. The van der Waals surface area contributed by atoms with E-state index in [0.29, 0.717) is 11.4 Å². The second-order valence-corrected chi connectivity index (χ2v) is 7.45. The molecule has 0 amide bonds. The van der Waals surface area contributed by atoms with E-state index in [0.717, 1.165) is 30.6 Å². The van der Waals surface area contributed by atoms with Crippen molar-refractivity contribution in [3.05, 3.63) is 16.3 Å². The van der Waals surface area contributed by atoms with Crippen LogP contribution < -0.4 is 10.0 Å². The first-order valence-electron chi connectivity index (χ1n) is 6.36. The van der Waals surface area contributed by atoms with Crippen molar-refractivity contribution in [2.75, 3.05) is 7.05 Å². The third kappa shape index (κ3) is 3.54. The van der Waals surface area contributed by atoms with Gasteiger partial charge in [0, 0.05) is 22.8 Å². The van der Waals surface area contributed by atoms with Crippen LogP contribution in [-0.4, -0.2) is 21.5 Å². The first kappa shape index (κ1) is 14.0. The van der Waals surface area contributed by atoms with Gasteiger partial charge in [-0.05, 0) is 26.0 Å². The minimum absolute atomic E-state index is 0.122. The highest BCUT2D eigenvalue weighted by Crippen LogP contribution is 2.22. The molecule has 1 saturated carbocycles. The molecule has 1 aromatic rings. The summed E-state index contributed by atoms with van der Waals surface area (Å²) in [4.78, 5) is 1.45. The molecular weight excluding hydrogens is 268 g/mol. The molecule has 6 heteroatoms. The van der Waals surface area contributed by atoms with Gasteiger partial charge in [-0.25, -0.2) is 13.1 Å². The summed E-state index contributed by atoms with van der Waals surface area (Å²) in [6, 6.07) is 1.88. The summed E-state index contributed by atoms with van der Waals surface area (Å²) in [6.45, 7) is 0.712. The molecule has 18 heavy (non-hydrogen) atoms.